The number of hydrogen-bond acceptors (Lipinski definition) is 4. The lowest BCUT2D eigenvalue weighted by atomic mass is 9.75. The normalized spacial score (nSPS) is 25.2. The van der Waals surface area contributed by atoms with Crippen molar-refractivity contribution in [2.45, 2.75) is 69.2 Å². The Morgan fingerprint density at radius 2 is 1.82 bits per heavy atom. The lowest BCUT2D eigenvalue weighted by Gasteiger charge is -2.43. The van der Waals surface area contributed by atoms with Gasteiger partial charge in [-0.2, -0.15) is 0 Å². The van der Waals surface area contributed by atoms with Crippen molar-refractivity contribution in [1.29, 1.82) is 0 Å². The highest BCUT2D eigenvalue weighted by Crippen LogP contribution is 2.42. The summed E-state index contributed by atoms with van der Waals surface area (Å²) in [5.74, 6) is 0.773. The maximum absolute atomic E-state index is 13.1. The molecule has 1 atom stereocenters. The summed E-state index contributed by atoms with van der Waals surface area (Å²) in [4.78, 5) is 33.1. The third-order valence-corrected chi connectivity index (χ3v) is 10.5. The highest BCUT2D eigenvalue weighted by Gasteiger charge is 2.50. The van der Waals surface area contributed by atoms with E-state index in [2.05, 4.69) is 50.3 Å². The standard InChI is InChI=1S/C32H41ClN4O2/c1-24-11-12-26(21-28(24)33)31(14-20-36(22-31)29(38)25-7-5-8-25)13-6-17-35-18-15-32(16-19-35)30(39)34-23-37(32)27-9-3-2-4-10-27/h2-4,9-12,21,25H,5-8,13-20,22-23H2,1H3,(H,34,39). The van der Waals surface area contributed by atoms with Crippen molar-refractivity contribution in [2.75, 3.05) is 44.3 Å². The molecule has 6 rings (SSSR count). The van der Waals surface area contributed by atoms with Crippen LogP contribution >= 0.6 is 11.6 Å². The van der Waals surface area contributed by atoms with E-state index in [-0.39, 0.29) is 17.2 Å². The number of nitrogens with zero attached hydrogens (tertiary/aromatic N) is 3. The molecule has 2 amide bonds. The maximum atomic E-state index is 13.1. The Morgan fingerprint density at radius 3 is 2.51 bits per heavy atom. The topological polar surface area (TPSA) is 55.9 Å². The van der Waals surface area contributed by atoms with Crippen LogP contribution in [-0.4, -0.2) is 66.5 Å². The Labute approximate surface area is 237 Å². The van der Waals surface area contributed by atoms with E-state index in [1.165, 1.54) is 12.0 Å². The number of anilines is 1. The molecule has 1 aliphatic carbocycles. The molecule has 7 heteroatoms. The number of halogens is 1. The molecule has 4 aliphatic rings. The second-order valence-electron chi connectivity index (χ2n) is 12.3. The van der Waals surface area contributed by atoms with Gasteiger partial charge in [-0.25, -0.2) is 0 Å². The van der Waals surface area contributed by atoms with Gasteiger partial charge in [0, 0.05) is 48.2 Å². The monoisotopic (exact) mass is 548 g/mol. The molecular formula is C32H41ClN4O2. The van der Waals surface area contributed by atoms with Gasteiger partial charge in [-0.15, -0.1) is 0 Å². The third-order valence-electron chi connectivity index (χ3n) is 10.1. The average Bonchev–Trinajstić information content (AvgIpc) is 3.49. The SMILES string of the molecule is Cc1ccc(C2(CCCN3CCC4(CC3)C(=O)NCN4c3ccccc3)CCN(C(=O)C3CCC3)C2)cc1Cl. The molecule has 4 fully saturated rings. The van der Waals surface area contributed by atoms with Gasteiger partial charge >= 0.3 is 0 Å². The maximum Gasteiger partial charge on any atom is 0.247 e. The van der Waals surface area contributed by atoms with Crippen molar-refractivity contribution < 1.29 is 9.59 Å². The first-order valence-corrected chi connectivity index (χ1v) is 15.2. The Hall–Kier alpha value is -2.57. The lowest BCUT2D eigenvalue weighted by Crippen LogP contribution is -2.56. The Bertz CT molecular complexity index is 1210. The van der Waals surface area contributed by atoms with E-state index in [4.69, 9.17) is 11.6 Å². The molecule has 2 aromatic carbocycles. The van der Waals surface area contributed by atoms with Crippen LogP contribution in [-0.2, 0) is 15.0 Å². The number of para-hydroxylation sites is 1. The van der Waals surface area contributed by atoms with Crippen LogP contribution < -0.4 is 10.2 Å². The highest BCUT2D eigenvalue weighted by atomic mass is 35.5. The molecule has 39 heavy (non-hydrogen) atoms. The molecular weight excluding hydrogens is 508 g/mol. The second-order valence-corrected chi connectivity index (χ2v) is 12.7. The molecule has 3 saturated heterocycles. The molecule has 1 saturated carbocycles. The third kappa shape index (κ3) is 4.95. The number of likely N-dealkylation sites (tertiary alicyclic amines) is 2. The summed E-state index contributed by atoms with van der Waals surface area (Å²) in [6.07, 6.45) is 8.08. The van der Waals surface area contributed by atoms with E-state index in [0.29, 0.717) is 12.6 Å². The molecule has 0 bridgehead atoms. The Balaban J connectivity index is 1.10. The zero-order valence-electron chi connectivity index (χ0n) is 23.1. The number of carbonyl (C=O) groups excluding carboxylic acids is 2. The first-order valence-electron chi connectivity index (χ1n) is 14.8. The summed E-state index contributed by atoms with van der Waals surface area (Å²) in [6.45, 7) is 7.14. The fourth-order valence-corrected chi connectivity index (χ4v) is 7.48. The number of carbonyl (C=O) groups is 2. The van der Waals surface area contributed by atoms with Crippen LogP contribution in [0, 0.1) is 12.8 Å². The van der Waals surface area contributed by atoms with Gasteiger partial charge in [-0.05, 0) is 87.7 Å². The van der Waals surface area contributed by atoms with Crippen LogP contribution in [0.3, 0.4) is 0 Å². The number of hydrogen-bond donors (Lipinski definition) is 1. The summed E-state index contributed by atoms with van der Waals surface area (Å²) in [7, 11) is 0. The molecule has 1 N–H and O–H groups in total. The minimum Gasteiger partial charge on any atom is -0.342 e. The van der Waals surface area contributed by atoms with E-state index in [0.717, 1.165) is 93.9 Å². The molecule has 2 aromatic rings. The Kier molecular flexibility index (Phi) is 7.36. The quantitative estimate of drug-likeness (QED) is 0.521. The van der Waals surface area contributed by atoms with Gasteiger partial charge in [0.25, 0.3) is 0 Å². The van der Waals surface area contributed by atoms with Gasteiger partial charge < -0.3 is 20.0 Å². The smallest absolute Gasteiger partial charge is 0.247 e. The summed E-state index contributed by atoms with van der Waals surface area (Å²) < 4.78 is 0. The Morgan fingerprint density at radius 1 is 1.05 bits per heavy atom. The van der Waals surface area contributed by atoms with Crippen LogP contribution in [0.4, 0.5) is 5.69 Å². The number of benzene rings is 2. The molecule has 6 nitrogen and oxygen atoms in total. The predicted octanol–water partition coefficient (Wildman–Crippen LogP) is 5.13. The van der Waals surface area contributed by atoms with Crippen LogP contribution in [0.25, 0.3) is 0 Å². The molecule has 1 spiro atoms. The van der Waals surface area contributed by atoms with E-state index < -0.39 is 5.54 Å². The first kappa shape index (κ1) is 26.6. The van der Waals surface area contributed by atoms with Crippen molar-refractivity contribution >= 4 is 29.1 Å². The molecule has 3 aliphatic heterocycles. The molecule has 208 valence electrons. The number of amides is 2. The van der Waals surface area contributed by atoms with Gasteiger partial charge in [-0.3, -0.25) is 9.59 Å². The van der Waals surface area contributed by atoms with Crippen molar-refractivity contribution in [3.63, 3.8) is 0 Å². The first-order chi connectivity index (χ1) is 18.9. The van der Waals surface area contributed by atoms with E-state index in [1.54, 1.807) is 0 Å². The molecule has 0 aromatic heterocycles. The summed E-state index contributed by atoms with van der Waals surface area (Å²) in [6, 6.07) is 16.8. The van der Waals surface area contributed by atoms with Crippen molar-refractivity contribution in [3.05, 3.63) is 64.7 Å². The van der Waals surface area contributed by atoms with Gasteiger partial charge in [0.2, 0.25) is 11.8 Å². The minimum atomic E-state index is -0.439. The number of piperidine rings is 1. The minimum absolute atomic E-state index is 0.0385. The van der Waals surface area contributed by atoms with E-state index >= 15 is 0 Å². The zero-order chi connectivity index (χ0) is 27.0. The summed E-state index contributed by atoms with van der Waals surface area (Å²) in [5.41, 5.74) is 3.01. The van der Waals surface area contributed by atoms with Gasteiger partial charge in [0.15, 0.2) is 0 Å². The van der Waals surface area contributed by atoms with Crippen LogP contribution in [0.1, 0.15) is 62.5 Å². The van der Waals surface area contributed by atoms with Gasteiger partial charge in [0.1, 0.15) is 5.54 Å². The van der Waals surface area contributed by atoms with E-state index in [1.807, 2.05) is 25.1 Å². The molecule has 3 heterocycles. The molecule has 1 unspecified atom stereocenters. The van der Waals surface area contributed by atoms with Crippen molar-refractivity contribution in [2.24, 2.45) is 5.92 Å². The van der Waals surface area contributed by atoms with E-state index in [9.17, 15) is 9.59 Å². The van der Waals surface area contributed by atoms with Crippen LogP contribution in [0.5, 0.6) is 0 Å². The molecule has 0 radical (unpaired) electrons. The fraction of sp³-hybridized carbons (Fsp3) is 0.562. The van der Waals surface area contributed by atoms with Crippen molar-refractivity contribution in [1.82, 2.24) is 15.1 Å². The predicted molar refractivity (Wildman–Crippen MR) is 156 cm³/mol. The number of nitrogens with one attached hydrogen (secondary N) is 1. The van der Waals surface area contributed by atoms with Crippen LogP contribution in [0.2, 0.25) is 5.02 Å². The van der Waals surface area contributed by atoms with Crippen LogP contribution in [0.15, 0.2) is 48.5 Å². The largest absolute Gasteiger partial charge is 0.342 e. The summed E-state index contributed by atoms with van der Waals surface area (Å²) in [5, 5.41) is 3.92. The number of aryl methyl sites for hydroxylation is 1. The number of rotatable bonds is 7. The second kappa shape index (κ2) is 10.8. The average molecular weight is 549 g/mol. The van der Waals surface area contributed by atoms with Crippen molar-refractivity contribution in [3.8, 4) is 0 Å². The fourth-order valence-electron chi connectivity index (χ4n) is 7.30. The van der Waals surface area contributed by atoms with Gasteiger partial charge in [-0.1, -0.05) is 48.4 Å². The lowest BCUT2D eigenvalue weighted by molar-refractivity contribution is -0.137. The van der Waals surface area contributed by atoms with Gasteiger partial charge in [0.05, 0.1) is 6.67 Å². The summed E-state index contributed by atoms with van der Waals surface area (Å²) >= 11 is 6.59. The zero-order valence-corrected chi connectivity index (χ0v) is 23.9. The highest BCUT2D eigenvalue weighted by molar-refractivity contribution is 6.31.